The van der Waals surface area contributed by atoms with Gasteiger partial charge in [0.25, 0.3) is 5.91 Å². The highest BCUT2D eigenvalue weighted by Crippen LogP contribution is 2.22. The SMILES string of the molecule is COC(=O)CCNC(=O)c1ccc(NC(=O)N2CCC(CN3CC(C)OC(C)C3)CC2)cc1. The second-order valence-corrected chi connectivity index (χ2v) is 9.00. The van der Waals surface area contributed by atoms with Crippen molar-refractivity contribution < 1.29 is 23.9 Å². The van der Waals surface area contributed by atoms with E-state index in [1.165, 1.54) is 7.11 Å². The summed E-state index contributed by atoms with van der Waals surface area (Å²) in [7, 11) is 1.31. The summed E-state index contributed by atoms with van der Waals surface area (Å²) < 4.78 is 10.4. The monoisotopic (exact) mass is 460 g/mol. The molecule has 0 spiro atoms. The van der Waals surface area contributed by atoms with Crippen molar-refractivity contribution in [1.82, 2.24) is 15.1 Å². The number of amides is 3. The van der Waals surface area contributed by atoms with Crippen molar-refractivity contribution in [3.63, 3.8) is 0 Å². The van der Waals surface area contributed by atoms with Gasteiger partial charge in [0.05, 0.1) is 25.7 Å². The molecule has 0 radical (unpaired) electrons. The summed E-state index contributed by atoms with van der Waals surface area (Å²) >= 11 is 0. The molecular weight excluding hydrogens is 424 g/mol. The van der Waals surface area contributed by atoms with E-state index in [0.29, 0.717) is 17.2 Å². The lowest BCUT2D eigenvalue weighted by Crippen LogP contribution is -2.49. The van der Waals surface area contributed by atoms with Crippen molar-refractivity contribution in [2.24, 2.45) is 5.92 Å². The number of nitrogens with one attached hydrogen (secondary N) is 2. The molecule has 3 amide bonds. The molecule has 1 aromatic carbocycles. The number of ether oxygens (including phenoxy) is 2. The molecule has 0 aromatic heterocycles. The number of likely N-dealkylation sites (tertiary alicyclic amines) is 1. The molecule has 2 atom stereocenters. The molecule has 33 heavy (non-hydrogen) atoms. The molecule has 0 bridgehead atoms. The van der Waals surface area contributed by atoms with Crippen molar-refractivity contribution in [3.05, 3.63) is 29.8 Å². The molecule has 2 heterocycles. The Morgan fingerprint density at radius 2 is 1.70 bits per heavy atom. The molecule has 2 aliphatic heterocycles. The van der Waals surface area contributed by atoms with E-state index >= 15 is 0 Å². The lowest BCUT2D eigenvalue weighted by Gasteiger charge is -2.39. The summed E-state index contributed by atoms with van der Waals surface area (Å²) in [4.78, 5) is 40.3. The Balaban J connectivity index is 1.40. The maximum Gasteiger partial charge on any atom is 0.321 e. The van der Waals surface area contributed by atoms with Crippen LogP contribution in [0.4, 0.5) is 10.5 Å². The van der Waals surface area contributed by atoms with Crippen LogP contribution in [-0.2, 0) is 14.3 Å². The Kier molecular flexibility index (Phi) is 9.08. The highest BCUT2D eigenvalue weighted by atomic mass is 16.5. The van der Waals surface area contributed by atoms with E-state index in [0.717, 1.165) is 45.6 Å². The first-order chi connectivity index (χ1) is 15.8. The van der Waals surface area contributed by atoms with Crippen LogP contribution >= 0.6 is 0 Å². The average Bonchev–Trinajstić information content (AvgIpc) is 2.79. The van der Waals surface area contributed by atoms with Crippen LogP contribution in [0.1, 0.15) is 43.5 Å². The lowest BCUT2D eigenvalue weighted by molar-refractivity contribution is -0.140. The summed E-state index contributed by atoms with van der Waals surface area (Å²) in [6, 6.07) is 6.61. The molecule has 2 aliphatic rings. The molecule has 0 saturated carbocycles. The zero-order valence-electron chi connectivity index (χ0n) is 19.8. The highest BCUT2D eigenvalue weighted by molar-refractivity contribution is 5.95. The third-order valence-electron chi connectivity index (χ3n) is 6.15. The zero-order valence-corrected chi connectivity index (χ0v) is 19.8. The van der Waals surface area contributed by atoms with Crippen LogP contribution in [0.2, 0.25) is 0 Å². The summed E-state index contributed by atoms with van der Waals surface area (Å²) in [5, 5.41) is 5.59. The molecule has 2 saturated heterocycles. The van der Waals surface area contributed by atoms with Crippen LogP contribution < -0.4 is 10.6 Å². The summed E-state index contributed by atoms with van der Waals surface area (Å²) in [5.74, 6) is -0.0471. The Morgan fingerprint density at radius 3 is 2.30 bits per heavy atom. The zero-order chi connectivity index (χ0) is 23.8. The number of nitrogens with zero attached hydrogens (tertiary/aromatic N) is 2. The van der Waals surface area contributed by atoms with Gasteiger partial charge in [-0.15, -0.1) is 0 Å². The maximum atomic E-state index is 12.7. The minimum atomic E-state index is -0.373. The standard InChI is InChI=1S/C24H36N4O5/c1-17-14-27(15-18(2)33-17)16-19-9-12-28(13-10-19)24(31)26-21-6-4-20(5-7-21)23(30)25-11-8-22(29)32-3/h4-7,17-19H,8-16H2,1-3H3,(H,25,30)(H,26,31). The van der Waals surface area contributed by atoms with Gasteiger partial charge >= 0.3 is 12.0 Å². The van der Waals surface area contributed by atoms with Crippen LogP contribution in [0.25, 0.3) is 0 Å². The number of esters is 1. The Morgan fingerprint density at radius 1 is 1.06 bits per heavy atom. The molecule has 9 nitrogen and oxygen atoms in total. The molecule has 9 heteroatoms. The molecule has 0 aliphatic carbocycles. The summed E-state index contributed by atoms with van der Waals surface area (Å²) in [5.41, 5.74) is 1.11. The van der Waals surface area contributed by atoms with Crippen molar-refractivity contribution in [2.75, 3.05) is 51.7 Å². The van der Waals surface area contributed by atoms with E-state index in [2.05, 4.69) is 34.1 Å². The number of methoxy groups -OCH3 is 1. The molecule has 2 unspecified atom stereocenters. The fourth-order valence-electron chi connectivity index (χ4n) is 4.51. The van der Waals surface area contributed by atoms with Gasteiger partial charge in [0.1, 0.15) is 0 Å². The quantitative estimate of drug-likeness (QED) is 0.606. The first-order valence-corrected chi connectivity index (χ1v) is 11.7. The van der Waals surface area contributed by atoms with Gasteiger partial charge in [0, 0.05) is 50.5 Å². The number of hydrogen-bond acceptors (Lipinski definition) is 6. The number of piperidine rings is 1. The molecule has 2 N–H and O–H groups in total. The number of morpholine rings is 1. The lowest BCUT2D eigenvalue weighted by atomic mass is 9.96. The first kappa shape index (κ1) is 25.0. The largest absolute Gasteiger partial charge is 0.469 e. The van der Waals surface area contributed by atoms with Gasteiger partial charge < -0.3 is 25.0 Å². The van der Waals surface area contributed by atoms with Crippen LogP contribution in [-0.4, -0.2) is 86.3 Å². The van der Waals surface area contributed by atoms with E-state index in [-0.39, 0.29) is 43.1 Å². The number of carbonyl (C=O) groups excluding carboxylic acids is 3. The number of anilines is 1. The summed E-state index contributed by atoms with van der Waals surface area (Å²) in [6.45, 7) is 8.97. The smallest absolute Gasteiger partial charge is 0.321 e. The van der Waals surface area contributed by atoms with Gasteiger partial charge in [-0.3, -0.25) is 14.5 Å². The van der Waals surface area contributed by atoms with Gasteiger partial charge in [-0.1, -0.05) is 0 Å². The second-order valence-electron chi connectivity index (χ2n) is 9.00. The molecular formula is C24H36N4O5. The van der Waals surface area contributed by atoms with Crippen LogP contribution in [0.15, 0.2) is 24.3 Å². The van der Waals surface area contributed by atoms with E-state index in [1.807, 2.05) is 4.90 Å². The topological polar surface area (TPSA) is 100 Å². The van der Waals surface area contributed by atoms with Crippen molar-refractivity contribution in [1.29, 1.82) is 0 Å². The molecule has 1 aromatic rings. The van der Waals surface area contributed by atoms with E-state index < -0.39 is 0 Å². The van der Waals surface area contributed by atoms with E-state index in [9.17, 15) is 14.4 Å². The molecule has 2 fully saturated rings. The molecule has 3 rings (SSSR count). The van der Waals surface area contributed by atoms with Gasteiger partial charge in [0.15, 0.2) is 0 Å². The van der Waals surface area contributed by atoms with Crippen molar-refractivity contribution in [2.45, 2.75) is 45.3 Å². The fraction of sp³-hybridized carbons (Fsp3) is 0.625. The predicted molar refractivity (Wildman–Crippen MR) is 125 cm³/mol. The molecule has 182 valence electrons. The van der Waals surface area contributed by atoms with Crippen molar-refractivity contribution in [3.8, 4) is 0 Å². The Hall–Kier alpha value is -2.65. The Bertz CT molecular complexity index is 798. The minimum absolute atomic E-state index is 0.114. The van der Waals surface area contributed by atoms with Crippen LogP contribution in [0.5, 0.6) is 0 Å². The van der Waals surface area contributed by atoms with Gasteiger partial charge in [-0.05, 0) is 56.9 Å². The van der Waals surface area contributed by atoms with E-state index in [4.69, 9.17) is 4.74 Å². The number of carbonyl (C=O) groups is 3. The van der Waals surface area contributed by atoms with Crippen molar-refractivity contribution >= 4 is 23.6 Å². The Labute approximate surface area is 195 Å². The third-order valence-corrected chi connectivity index (χ3v) is 6.15. The number of rotatable bonds is 7. The summed E-state index contributed by atoms with van der Waals surface area (Å²) in [6.07, 6.45) is 2.67. The van der Waals surface area contributed by atoms with Gasteiger partial charge in [-0.25, -0.2) is 4.79 Å². The van der Waals surface area contributed by atoms with E-state index in [1.54, 1.807) is 24.3 Å². The third kappa shape index (κ3) is 7.71. The number of benzene rings is 1. The normalized spacial score (nSPS) is 22.0. The van der Waals surface area contributed by atoms with Crippen LogP contribution in [0, 0.1) is 5.92 Å². The minimum Gasteiger partial charge on any atom is -0.469 e. The highest BCUT2D eigenvalue weighted by Gasteiger charge is 2.28. The second kappa shape index (κ2) is 12.0. The van der Waals surface area contributed by atoms with Gasteiger partial charge in [0.2, 0.25) is 0 Å². The predicted octanol–water partition coefficient (Wildman–Crippen LogP) is 2.33. The van der Waals surface area contributed by atoms with Gasteiger partial charge in [-0.2, -0.15) is 0 Å². The number of urea groups is 1. The average molecular weight is 461 g/mol. The fourth-order valence-corrected chi connectivity index (χ4v) is 4.51. The first-order valence-electron chi connectivity index (χ1n) is 11.7. The maximum absolute atomic E-state index is 12.7. The van der Waals surface area contributed by atoms with Crippen LogP contribution in [0.3, 0.4) is 0 Å². The number of hydrogen-bond donors (Lipinski definition) is 2.